The molecule has 0 saturated heterocycles. The summed E-state index contributed by atoms with van der Waals surface area (Å²) in [6.45, 7) is 12.9. The lowest BCUT2D eigenvalue weighted by Crippen LogP contribution is -2.45. The van der Waals surface area contributed by atoms with Gasteiger partial charge in [-0.15, -0.1) is 0 Å². The Balaban J connectivity index is 4.78. The molecule has 0 rings (SSSR count). The van der Waals surface area contributed by atoms with Gasteiger partial charge in [0.25, 0.3) is 0 Å². The number of urea groups is 1. The van der Waals surface area contributed by atoms with Crippen LogP contribution in [0.2, 0.25) is 0 Å². The highest BCUT2D eigenvalue weighted by Crippen LogP contribution is 2.13. The smallest absolute Gasteiger partial charge is 0.319 e. The van der Waals surface area contributed by atoms with E-state index in [4.69, 9.17) is 0 Å². The Hall–Kier alpha value is -0.730. The summed E-state index contributed by atoms with van der Waals surface area (Å²) in [7, 11) is 0. The molecule has 192 valence electrons. The van der Waals surface area contributed by atoms with Crippen LogP contribution < -0.4 is 0 Å². The van der Waals surface area contributed by atoms with Crippen molar-refractivity contribution < 1.29 is 4.79 Å². The summed E-state index contributed by atoms with van der Waals surface area (Å²) in [5.74, 6) is 0. The second-order valence-electron chi connectivity index (χ2n) is 9.91. The summed E-state index contributed by atoms with van der Waals surface area (Å²) in [6.07, 6.45) is 25.4. The first-order valence-corrected chi connectivity index (χ1v) is 14.7. The van der Waals surface area contributed by atoms with Gasteiger partial charge in [-0.25, -0.2) is 4.79 Å². The highest BCUT2D eigenvalue weighted by Gasteiger charge is 2.20. The van der Waals surface area contributed by atoms with Gasteiger partial charge < -0.3 is 9.80 Å². The van der Waals surface area contributed by atoms with Crippen molar-refractivity contribution in [2.24, 2.45) is 0 Å². The Bertz CT molecular complexity index is 323. The molecule has 0 saturated carbocycles. The second kappa shape index (κ2) is 24.9. The van der Waals surface area contributed by atoms with Crippen molar-refractivity contribution in [2.75, 3.05) is 26.2 Å². The number of unbranched alkanes of at least 4 members (excludes halogenated alkanes) is 16. The molecule has 3 heteroatoms. The predicted molar refractivity (Wildman–Crippen MR) is 144 cm³/mol. The molecule has 0 fully saturated rings. The molecule has 0 aliphatic heterocycles. The highest BCUT2D eigenvalue weighted by molar-refractivity contribution is 5.74. The van der Waals surface area contributed by atoms with E-state index < -0.39 is 0 Å². The van der Waals surface area contributed by atoms with E-state index in [1.165, 1.54) is 128 Å². The molecule has 0 N–H and O–H groups in total. The van der Waals surface area contributed by atoms with Gasteiger partial charge in [0.1, 0.15) is 0 Å². The second-order valence-corrected chi connectivity index (χ2v) is 9.91. The molecular weight excluding hydrogens is 392 g/mol. The predicted octanol–water partition coefficient (Wildman–Crippen LogP) is 9.59. The molecule has 0 aromatic heterocycles. The molecular formula is C29H60N2O. The SMILES string of the molecule is CCCCCCCN(CCCCCCC)C(=O)N(CCCCCCC)CCCCCCC. The van der Waals surface area contributed by atoms with Crippen LogP contribution in [-0.2, 0) is 0 Å². The zero-order valence-electron chi connectivity index (χ0n) is 22.8. The minimum absolute atomic E-state index is 0.335. The lowest BCUT2D eigenvalue weighted by Gasteiger charge is -2.31. The molecule has 0 heterocycles. The number of hydrogen-bond acceptors (Lipinski definition) is 1. The number of hydrogen-bond donors (Lipinski definition) is 0. The molecule has 0 radical (unpaired) electrons. The maximum absolute atomic E-state index is 13.6. The summed E-state index contributed by atoms with van der Waals surface area (Å²) in [6, 6.07) is 0.335. The van der Waals surface area contributed by atoms with Crippen LogP contribution in [0.4, 0.5) is 4.79 Å². The molecule has 0 atom stereocenters. The van der Waals surface area contributed by atoms with Crippen LogP contribution in [0.25, 0.3) is 0 Å². The minimum atomic E-state index is 0.335. The van der Waals surface area contributed by atoms with Crippen LogP contribution in [-0.4, -0.2) is 42.0 Å². The third-order valence-corrected chi connectivity index (χ3v) is 6.67. The molecule has 3 nitrogen and oxygen atoms in total. The molecule has 0 bridgehead atoms. The lowest BCUT2D eigenvalue weighted by molar-refractivity contribution is 0.148. The van der Waals surface area contributed by atoms with Crippen LogP contribution in [0.3, 0.4) is 0 Å². The standard InChI is InChI=1S/C29H60N2O/c1-5-9-13-17-21-25-30(26-22-18-14-10-6-2)29(32)31(27-23-19-15-11-7-3)28-24-20-16-12-8-4/h5-28H2,1-4H3. The van der Waals surface area contributed by atoms with E-state index in [1.807, 2.05) is 0 Å². The zero-order chi connectivity index (χ0) is 23.7. The largest absolute Gasteiger partial charge is 0.325 e. The Morgan fingerprint density at radius 1 is 0.375 bits per heavy atom. The van der Waals surface area contributed by atoms with Crippen molar-refractivity contribution in [3.8, 4) is 0 Å². The minimum Gasteiger partial charge on any atom is -0.325 e. The van der Waals surface area contributed by atoms with Crippen molar-refractivity contribution >= 4 is 6.03 Å². The first-order chi connectivity index (χ1) is 15.7. The molecule has 0 aliphatic rings. The molecule has 0 spiro atoms. The van der Waals surface area contributed by atoms with Gasteiger partial charge >= 0.3 is 6.03 Å². The van der Waals surface area contributed by atoms with Crippen LogP contribution in [0.5, 0.6) is 0 Å². The van der Waals surface area contributed by atoms with E-state index in [1.54, 1.807) is 0 Å². The summed E-state index contributed by atoms with van der Waals surface area (Å²) < 4.78 is 0. The van der Waals surface area contributed by atoms with Crippen LogP contribution >= 0.6 is 0 Å². The van der Waals surface area contributed by atoms with Crippen molar-refractivity contribution in [3.63, 3.8) is 0 Å². The summed E-state index contributed by atoms with van der Waals surface area (Å²) in [5.41, 5.74) is 0. The fourth-order valence-electron chi connectivity index (χ4n) is 4.43. The molecule has 0 unspecified atom stereocenters. The van der Waals surface area contributed by atoms with Gasteiger partial charge in [-0.05, 0) is 25.7 Å². The molecule has 32 heavy (non-hydrogen) atoms. The lowest BCUT2D eigenvalue weighted by atomic mass is 10.1. The van der Waals surface area contributed by atoms with Crippen molar-refractivity contribution in [1.82, 2.24) is 9.80 Å². The van der Waals surface area contributed by atoms with Gasteiger partial charge in [0, 0.05) is 26.2 Å². The van der Waals surface area contributed by atoms with E-state index in [2.05, 4.69) is 37.5 Å². The molecule has 2 amide bonds. The van der Waals surface area contributed by atoms with E-state index in [9.17, 15) is 4.79 Å². The maximum atomic E-state index is 13.6. The third-order valence-electron chi connectivity index (χ3n) is 6.67. The third kappa shape index (κ3) is 18.8. The van der Waals surface area contributed by atoms with Gasteiger partial charge in [-0.3, -0.25) is 0 Å². The van der Waals surface area contributed by atoms with Gasteiger partial charge in [0.15, 0.2) is 0 Å². The molecule has 0 aliphatic carbocycles. The van der Waals surface area contributed by atoms with E-state index in [0.29, 0.717) is 6.03 Å². The summed E-state index contributed by atoms with van der Waals surface area (Å²) >= 11 is 0. The fourth-order valence-corrected chi connectivity index (χ4v) is 4.43. The summed E-state index contributed by atoms with van der Waals surface area (Å²) in [4.78, 5) is 18.0. The number of nitrogens with zero attached hydrogens (tertiary/aromatic N) is 2. The number of rotatable bonds is 24. The van der Waals surface area contributed by atoms with Crippen LogP contribution in [0, 0.1) is 0 Å². The molecule has 0 aromatic carbocycles. The van der Waals surface area contributed by atoms with Crippen molar-refractivity contribution in [2.45, 2.75) is 156 Å². The normalized spacial score (nSPS) is 11.1. The van der Waals surface area contributed by atoms with Gasteiger partial charge in [0.05, 0.1) is 0 Å². The molecule has 0 aromatic rings. The maximum Gasteiger partial charge on any atom is 0.319 e. The number of amides is 2. The monoisotopic (exact) mass is 452 g/mol. The van der Waals surface area contributed by atoms with Gasteiger partial charge in [-0.2, -0.15) is 0 Å². The first kappa shape index (κ1) is 31.3. The van der Waals surface area contributed by atoms with Crippen LogP contribution in [0.15, 0.2) is 0 Å². The number of carbonyl (C=O) groups excluding carboxylic acids is 1. The Kier molecular flexibility index (Phi) is 24.3. The van der Waals surface area contributed by atoms with Crippen molar-refractivity contribution in [3.05, 3.63) is 0 Å². The average molecular weight is 453 g/mol. The Morgan fingerprint density at radius 3 is 0.812 bits per heavy atom. The van der Waals surface area contributed by atoms with E-state index in [0.717, 1.165) is 26.2 Å². The quantitative estimate of drug-likeness (QED) is 0.134. The van der Waals surface area contributed by atoms with Gasteiger partial charge in [-0.1, -0.05) is 130 Å². The Morgan fingerprint density at radius 2 is 0.594 bits per heavy atom. The van der Waals surface area contributed by atoms with Gasteiger partial charge in [0.2, 0.25) is 0 Å². The summed E-state index contributed by atoms with van der Waals surface area (Å²) in [5, 5.41) is 0. The first-order valence-electron chi connectivity index (χ1n) is 14.7. The average Bonchev–Trinajstić information content (AvgIpc) is 2.80. The Labute approximate surface area is 203 Å². The van der Waals surface area contributed by atoms with E-state index >= 15 is 0 Å². The van der Waals surface area contributed by atoms with Crippen molar-refractivity contribution in [1.29, 1.82) is 0 Å². The number of carbonyl (C=O) groups is 1. The zero-order valence-corrected chi connectivity index (χ0v) is 22.8. The fraction of sp³-hybridized carbons (Fsp3) is 0.966. The topological polar surface area (TPSA) is 23.6 Å². The van der Waals surface area contributed by atoms with E-state index in [-0.39, 0.29) is 0 Å². The highest BCUT2D eigenvalue weighted by atomic mass is 16.2. The van der Waals surface area contributed by atoms with Crippen LogP contribution in [0.1, 0.15) is 156 Å².